The first-order valence-electron chi connectivity index (χ1n) is 6.46. The average molecular weight is 279 g/mol. The van der Waals surface area contributed by atoms with Crippen LogP contribution >= 0.6 is 0 Å². The van der Waals surface area contributed by atoms with E-state index in [1.807, 2.05) is 18.2 Å². The molecule has 0 aliphatic rings. The van der Waals surface area contributed by atoms with E-state index in [0.717, 1.165) is 5.69 Å². The molecule has 0 fully saturated rings. The van der Waals surface area contributed by atoms with Gasteiger partial charge in [0.25, 0.3) is 0 Å². The number of hydrogen-bond acceptors (Lipinski definition) is 5. The highest BCUT2D eigenvalue weighted by Gasteiger charge is 2.12. The fourth-order valence-electron chi connectivity index (χ4n) is 1.97. The molecule has 0 aromatic carbocycles. The van der Waals surface area contributed by atoms with Crippen LogP contribution in [-0.4, -0.2) is 30.3 Å². The number of aryl methyl sites for hydroxylation is 1. The zero-order valence-corrected chi connectivity index (χ0v) is 11.5. The molecule has 0 N–H and O–H groups in total. The van der Waals surface area contributed by atoms with Crippen molar-refractivity contribution in [3.05, 3.63) is 60.7 Å². The molecule has 3 aromatic heterocycles. The second-order valence-corrected chi connectivity index (χ2v) is 4.60. The summed E-state index contributed by atoms with van der Waals surface area (Å²) in [6.45, 7) is 0. The van der Waals surface area contributed by atoms with Gasteiger partial charge >= 0.3 is 0 Å². The van der Waals surface area contributed by atoms with Gasteiger partial charge in [-0.05, 0) is 12.1 Å². The zero-order chi connectivity index (χ0) is 14.7. The predicted octanol–water partition coefficient (Wildman–Crippen LogP) is 1.70. The molecule has 0 aliphatic carbocycles. The maximum atomic E-state index is 12.1. The van der Waals surface area contributed by atoms with E-state index in [2.05, 4.69) is 19.9 Å². The van der Waals surface area contributed by atoms with Crippen molar-refractivity contribution in [2.24, 2.45) is 7.05 Å². The third-order valence-electron chi connectivity index (χ3n) is 3.08. The molecule has 0 amide bonds. The third-order valence-corrected chi connectivity index (χ3v) is 3.08. The number of Topliss-reactive ketones (excluding diaryl/α,β-unsaturated/α-hetero) is 1. The van der Waals surface area contributed by atoms with E-state index in [0.29, 0.717) is 17.1 Å². The number of imidazole rings is 1. The highest BCUT2D eigenvalue weighted by Crippen LogP contribution is 2.12. The summed E-state index contributed by atoms with van der Waals surface area (Å²) in [5.41, 5.74) is 2.63. The predicted molar refractivity (Wildman–Crippen MR) is 76.5 cm³/mol. The Morgan fingerprint density at radius 3 is 2.62 bits per heavy atom. The fraction of sp³-hybridized carbons (Fsp3) is 0.133. The van der Waals surface area contributed by atoms with Crippen LogP contribution in [0, 0.1) is 0 Å². The summed E-state index contributed by atoms with van der Waals surface area (Å²) in [7, 11) is 1.79. The Balaban J connectivity index is 1.76. The molecule has 0 aliphatic heterocycles. The molecular formula is C15H13N5O. The molecule has 0 saturated carbocycles. The molecule has 21 heavy (non-hydrogen) atoms. The van der Waals surface area contributed by atoms with Crippen LogP contribution in [0.15, 0.2) is 49.3 Å². The van der Waals surface area contributed by atoms with Gasteiger partial charge < -0.3 is 4.57 Å². The molecule has 3 heterocycles. The largest absolute Gasteiger partial charge is 0.331 e. The molecule has 0 atom stereocenters. The highest BCUT2D eigenvalue weighted by atomic mass is 16.1. The number of hydrogen-bond donors (Lipinski definition) is 0. The maximum Gasteiger partial charge on any atom is 0.186 e. The van der Waals surface area contributed by atoms with Crippen LogP contribution in [-0.2, 0) is 13.5 Å². The standard InChI is InChI=1S/C15H13N5O/c1-20-10-16-9-14(20)15(21)6-11-7-19-13(8-18-11)12-4-2-3-5-17-12/h2-5,7-10H,6H2,1H3. The first-order valence-corrected chi connectivity index (χ1v) is 6.46. The molecule has 3 aromatic rings. The summed E-state index contributed by atoms with van der Waals surface area (Å²) in [6, 6.07) is 5.60. The average Bonchev–Trinajstić information content (AvgIpc) is 2.95. The molecule has 3 rings (SSSR count). The first-order chi connectivity index (χ1) is 10.2. The number of pyridine rings is 1. The van der Waals surface area contributed by atoms with Gasteiger partial charge in [0.2, 0.25) is 0 Å². The van der Waals surface area contributed by atoms with Gasteiger partial charge in [-0.15, -0.1) is 0 Å². The van der Waals surface area contributed by atoms with Crippen molar-refractivity contribution in [1.29, 1.82) is 0 Å². The van der Waals surface area contributed by atoms with Gasteiger partial charge in [0, 0.05) is 19.4 Å². The summed E-state index contributed by atoms with van der Waals surface area (Å²) in [5, 5.41) is 0. The number of rotatable bonds is 4. The van der Waals surface area contributed by atoms with Crippen LogP contribution in [0.2, 0.25) is 0 Å². The molecular weight excluding hydrogens is 266 g/mol. The van der Waals surface area contributed by atoms with Gasteiger partial charge in [-0.1, -0.05) is 6.07 Å². The van der Waals surface area contributed by atoms with Gasteiger partial charge in [-0.2, -0.15) is 0 Å². The highest BCUT2D eigenvalue weighted by molar-refractivity contribution is 5.95. The summed E-state index contributed by atoms with van der Waals surface area (Å²) < 4.78 is 1.69. The van der Waals surface area contributed by atoms with E-state index in [-0.39, 0.29) is 12.2 Å². The number of nitrogens with zero attached hydrogens (tertiary/aromatic N) is 5. The van der Waals surface area contributed by atoms with Crippen molar-refractivity contribution < 1.29 is 4.79 Å². The second kappa shape index (κ2) is 5.62. The Kier molecular flexibility index (Phi) is 3.51. The van der Waals surface area contributed by atoms with Gasteiger partial charge in [-0.25, -0.2) is 4.98 Å². The molecule has 0 saturated heterocycles. The molecule has 0 radical (unpaired) electrons. The first kappa shape index (κ1) is 13.1. The van der Waals surface area contributed by atoms with Crippen molar-refractivity contribution in [3.63, 3.8) is 0 Å². The van der Waals surface area contributed by atoms with Crippen molar-refractivity contribution in [2.45, 2.75) is 6.42 Å². The lowest BCUT2D eigenvalue weighted by Gasteiger charge is -2.03. The Labute approximate surface area is 121 Å². The van der Waals surface area contributed by atoms with Gasteiger partial charge in [0.1, 0.15) is 11.4 Å². The van der Waals surface area contributed by atoms with Gasteiger partial charge in [-0.3, -0.25) is 19.7 Å². The van der Waals surface area contributed by atoms with E-state index in [1.54, 1.807) is 42.7 Å². The van der Waals surface area contributed by atoms with Gasteiger partial charge in [0.15, 0.2) is 5.78 Å². The number of carbonyl (C=O) groups is 1. The summed E-state index contributed by atoms with van der Waals surface area (Å²) in [5.74, 6) is -0.0325. The fourth-order valence-corrected chi connectivity index (χ4v) is 1.97. The van der Waals surface area contributed by atoms with Crippen molar-refractivity contribution >= 4 is 5.78 Å². The maximum absolute atomic E-state index is 12.1. The van der Waals surface area contributed by atoms with Gasteiger partial charge in [0.05, 0.1) is 36.5 Å². The summed E-state index contributed by atoms with van der Waals surface area (Å²) >= 11 is 0. The number of ketones is 1. The van der Waals surface area contributed by atoms with Crippen LogP contribution in [0.1, 0.15) is 16.2 Å². The monoisotopic (exact) mass is 279 g/mol. The lowest BCUT2D eigenvalue weighted by atomic mass is 10.2. The molecule has 0 bridgehead atoms. The molecule has 0 unspecified atom stereocenters. The second-order valence-electron chi connectivity index (χ2n) is 4.60. The smallest absolute Gasteiger partial charge is 0.186 e. The lowest BCUT2D eigenvalue weighted by Crippen LogP contribution is -2.09. The van der Waals surface area contributed by atoms with Crippen molar-refractivity contribution in [3.8, 4) is 11.4 Å². The lowest BCUT2D eigenvalue weighted by molar-refractivity contribution is 0.0984. The summed E-state index contributed by atoms with van der Waals surface area (Å²) in [4.78, 5) is 28.8. The number of aromatic nitrogens is 5. The van der Waals surface area contributed by atoms with E-state index in [1.165, 1.54) is 0 Å². The van der Waals surface area contributed by atoms with E-state index >= 15 is 0 Å². The van der Waals surface area contributed by atoms with Crippen LogP contribution in [0.25, 0.3) is 11.4 Å². The summed E-state index contributed by atoms with van der Waals surface area (Å²) in [6.07, 6.45) is 8.31. The molecule has 6 nitrogen and oxygen atoms in total. The minimum atomic E-state index is -0.0325. The van der Waals surface area contributed by atoms with Crippen LogP contribution in [0.4, 0.5) is 0 Å². The molecule has 0 spiro atoms. The normalized spacial score (nSPS) is 10.5. The van der Waals surface area contributed by atoms with Crippen molar-refractivity contribution in [1.82, 2.24) is 24.5 Å². The van der Waals surface area contributed by atoms with Crippen molar-refractivity contribution in [2.75, 3.05) is 0 Å². The van der Waals surface area contributed by atoms with E-state index < -0.39 is 0 Å². The Hall–Kier alpha value is -2.89. The van der Waals surface area contributed by atoms with Crippen LogP contribution < -0.4 is 0 Å². The van der Waals surface area contributed by atoms with Crippen LogP contribution in [0.3, 0.4) is 0 Å². The SMILES string of the molecule is Cn1cncc1C(=O)Cc1cnc(-c2ccccn2)cn1. The third kappa shape index (κ3) is 2.84. The zero-order valence-electron chi connectivity index (χ0n) is 11.5. The topological polar surface area (TPSA) is 73.6 Å². The van der Waals surface area contributed by atoms with E-state index in [4.69, 9.17) is 0 Å². The minimum absolute atomic E-state index is 0.0325. The molecule has 6 heteroatoms. The van der Waals surface area contributed by atoms with Crippen LogP contribution in [0.5, 0.6) is 0 Å². The number of carbonyl (C=O) groups excluding carboxylic acids is 1. The minimum Gasteiger partial charge on any atom is -0.331 e. The Morgan fingerprint density at radius 1 is 1.10 bits per heavy atom. The Morgan fingerprint density at radius 2 is 2.00 bits per heavy atom. The molecule has 104 valence electrons. The quantitative estimate of drug-likeness (QED) is 0.679. The Bertz CT molecular complexity index is 749. The van der Waals surface area contributed by atoms with E-state index in [9.17, 15) is 4.79 Å².